The number of Topliss-reactive ketones (excluding diaryl/α,β-unsaturated/α-hetero) is 1. The lowest BCUT2D eigenvalue weighted by Crippen LogP contribution is -2.50. The van der Waals surface area contributed by atoms with Gasteiger partial charge in [-0.25, -0.2) is 0 Å². The summed E-state index contributed by atoms with van der Waals surface area (Å²) in [6.07, 6.45) is 6.91. The molecule has 2 atom stereocenters. The van der Waals surface area contributed by atoms with Crippen LogP contribution >= 0.6 is 0 Å². The molecule has 0 heterocycles. The summed E-state index contributed by atoms with van der Waals surface area (Å²) in [4.78, 5) is 23.7. The van der Waals surface area contributed by atoms with E-state index in [4.69, 9.17) is 0 Å². The maximum Gasteiger partial charge on any atom is 0.178 e. The molecule has 84 valence electrons. The van der Waals surface area contributed by atoms with Crippen molar-refractivity contribution in [3.8, 4) is 0 Å². The van der Waals surface area contributed by atoms with E-state index in [0.717, 1.165) is 24.8 Å². The molecule has 4 aliphatic rings. The first-order chi connectivity index (χ1) is 7.46. The van der Waals surface area contributed by atoms with Crippen molar-refractivity contribution in [3.63, 3.8) is 0 Å². The Morgan fingerprint density at radius 1 is 1.12 bits per heavy atom. The van der Waals surface area contributed by atoms with Gasteiger partial charge in [0.2, 0.25) is 0 Å². The third-order valence-electron chi connectivity index (χ3n) is 4.86. The zero-order valence-corrected chi connectivity index (χ0v) is 9.80. The molecule has 0 saturated heterocycles. The molecule has 0 N–H and O–H groups in total. The Kier molecular flexibility index (Phi) is 1.71. The molecule has 0 aromatic rings. The number of carbonyl (C=O) groups excluding carboxylic acids is 2. The molecular formula is C14H16O2. The number of hydrogen-bond acceptors (Lipinski definition) is 2. The van der Waals surface area contributed by atoms with E-state index in [0.29, 0.717) is 12.2 Å². The van der Waals surface area contributed by atoms with Crippen LogP contribution in [0.25, 0.3) is 0 Å². The van der Waals surface area contributed by atoms with Crippen molar-refractivity contribution in [1.29, 1.82) is 0 Å². The van der Waals surface area contributed by atoms with Crippen molar-refractivity contribution in [2.75, 3.05) is 0 Å². The topological polar surface area (TPSA) is 34.1 Å². The van der Waals surface area contributed by atoms with Crippen LogP contribution in [0.15, 0.2) is 23.3 Å². The zero-order chi connectivity index (χ0) is 11.6. The molecule has 4 aliphatic carbocycles. The van der Waals surface area contributed by atoms with Crippen molar-refractivity contribution in [3.05, 3.63) is 23.3 Å². The summed E-state index contributed by atoms with van der Waals surface area (Å²) in [5.74, 6) is 0.486. The summed E-state index contributed by atoms with van der Waals surface area (Å²) in [6.45, 7) is 4.06. The third kappa shape index (κ3) is 1.02. The summed E-state index contributed by atoms with van der Waals surface area (Å²) in [7, 11) is 0. The lowest BCUT2D eigenvalue weighted by Gasteiger charge is -2.54. The number of rotatable bonds is 0. The molecule has 2 unspecified atom stereocenters. The highest BCUT2D eigenvalue weighted by molar-refractivity contribution is 6.03. The number of ketones is 2. The first kappa shape index (κ1) is 10.0. The van der Waals surface area contributed by atoms with Crippen molar-refractivity contribution >= 4 is 11.6 Å². The van der Waals surface area contributed by atoms with Crippen LogP contribution in [0.4, 0.5) is 0 Å². The smallest absolute Gasteiger partial charge is 0.178 e. The molecule has 2 heteroatoms. The van der Waals surface area contributed by atoms with Gasteiger partial charge in [-0.05, 0) is 38.3 Å². The molecule has 4 rings (SSSR count). The van der Waals surface area contributed by atoms with Crippen LogP contribution in [-0.2, 0) is 9.59 Å². The van der Waals surface area contributed by atoms with Crippen LogP contribution in [0, 0.1) is 10.8 Å². The van der Waals surface area contributed by atoms with E-state index in [1.165, 1.54) is 5.57 Å². The minimum atomic E-state index is -0.189. The standard InChI is InChI=1S/C14H16O2/c1-9-5-11(15)6-10-7-13(2)3-4-14(9,10)8-12(13)16/h5-6H,3-4,7-8H2,1-2H3. The molecule has 0 aromatic carbocycles. The van der Waals surface area contributed by atoms with E-state index in [1.54, 1.807) is 12.2 Å². The Labute approximate surface area is 95.4 Å². The van der Waals surface area contributed by atoms with Gasteiger partial charge in [0, 0.05) is 17.3 Å². The van der Waals surface area contributed by atoms with Gasteiger partial charge in [-0.2, -0.15) is 0 Å². The normalized spacial score (nSPS) is 41.6. The Balaban J connectivity index is 2.15. The van der Waals surface area contributed by atoms with Gasteiger partial charge >= 0.3 is 0 Å². The predicted octanol–water partition coefficient (Wildman–Crippen LogP) is 2.59. The summed E-state index contributed by atoms with van der Waals surface area (Å²) in [6, 6.07) is 0. The van der Waals surface area contributed by atoms with Gasteiger partial charge in [-0.15, -0.1) is 0 Å². The van der Waals surface area contributed by atoms with Crippen molar-refractivity contribution in [2.24, 2.45) is 10.8 Å². The molecule has 1 spiro atoms. The second-order valence-corrected chi connectivity index (χ2v) is 5.82. The summed E-state index contributed by atoms with van der Waals surface area (Å²) < 4.78 is 0. The molecule has 0 aliphatic heterocycles. The fraction of sp³-hybridized carbons (Fsp3) is 0.571. The van der Waals surface area contributed by atoms with Crippen LogP contribution in [0.3, 0.4) is 0 Å². The first-order valence-electron chi connectivity index (χ1n) is 5.93. The number of carbonyl (C=O) groups is 2. The van der Waals surface area contributed by atoms with Crippen molar-refractivity contribution in [2.45, 2.75) is 39.5 Å². The first-order valence-corrected chi connectivity index (χ1v) is 5.93. The van der Waals surface area contributed by atoms with Crippen LogP contribution in [0.1, 0.15) is 39.5 Å². The van der Waals surface area contributed by atoms with E-state index in [1.807, 2.05) is 6.92 Å². The van der Waals surface area contributed by atoms with Gasteiger partial charge in [0.05, 0.1) is 0 Å². The summed E-state index contributed by atoms with van der Waals surface area (Å²) in [5, 5.41) is 0. The highest BCUT2D eigenvalue weighted by atomic mass is 16.1. The highest BCUT2D eigenvalue weighted by Crippen LogP contribution is 2.61. The number of fused-ring (bicyclic) bond motifs is 2. The van der Waals surface area contributed by atoms with Gasteiger partial charge in [0.1, 0.15) is 5.78 Å². The number of hydrogen-bond donors (Lipinski definition) is 0. The Bertz CT molecular complexity index is 469. The van der Waals surface area contributed by atoms with Crippen molar-refractivity contribution in [1.82, 2.24) is 0 Å². The van der Waals surface area contributed by atoms with Crippen molar-refractivity contribution < 1.29 is 9.59 Å². The Morgan fingerprint density at radius 2 is 1.88 bits per heavy atom. The van der Waals surface area contributed by atoms with Gasteiger partial charge < -0.3 is 0 Å². The second kappa shape index (κ2) is 2.73. The molecule has 0 aromatic heterocycles. The van der Waals surface area contributed by atoms with Crippen LogP contribution in [0.5, 0.6) is 0 Å². The predicted molar refractivity (Wildman–Crippen MR) is 60.9 cm³/mol. The molecule has 2 bridgehead atoms. The molecular weight excluding hydrogens is 200 g/mol. The van der Waals surface area contributed by atoms with Crippen LogP contribution in [-0.4, -0.2) is 11.6 Å². The van der Waals surface area contributed by atoms with Gasteiger partial charge in [-0.3, -0.25) is 9.59 Å². The van der Waals surface area contributed by atoms with Gasteiger partial charge in [-0.1, -0.05) is 18.1 Å². The van der Waals surface area contributed by atoms with E-state index >= 15 is 0 Å². The summed E-state index contributed by atoms with van der Waals surface area (Å²) in [5.41, 5.74) is 2.05. The molecule has 3 saturated carbocycles. The number of allylic oxidation sites excluding steroid dienone is 4. The minimum absolute atomic E-state index is 0.0806. The fourth-order valence-corrected chi connectivity index (χ4v) is 3.60. The Morgan fingerprint density at radius 3 is 2.56 bits per heavy atom. The highest BCUT2D eigenvalue weighted by Gasteiger charge is 2.55. The van der Waals surface area contributed by atoms with Crippen LogP contribution in [0.2, 0.25) is 0 Å². The lowest BCUT2D eigenvalue weighted by atomic mass is 9.48. The van der Waals surface area contributed by atoms with Gasteiger partial charge in [0.15, 0.2) is 5.78 Å². The molecule has 2 nitrogen and oxygen atoms in total. The quantitative estimate of drug-likeness (QED) is 0.623. The minimum Gasteiger partial charge on any atom is -0.299 e. The van der Waals surface area contributed by atoms with Gasteiger partial charge in [0.25, 0.3) is 0 Å². The summed E-state index contributed by atoms with van der Waals surface area (Å²) >= 11 is 0. The monoisotopic (exact) mass is 216 g/mol. The molecule has 16 heavy (non-hydrogen) atoms. The fourth-order valence-electron chi connectivity index (χ4n) is 3.60. The third-order valence-corrected chi connectivity index (χ3v) is 4.86. The van der Waals surface area contributed by atoms with E-state index in [9.17, 15) is 9.59 Å². The molecule has 0 radical (unpaired) electrons. The maximum atomic E-state index is 12.1. The Hall–Kier alpha value is -1.18. The van der Waals surface area contributed by atoms with E-state index < -0.39 is 0 Å². The largest absolute Gasteiger partial charge is 0.299 e. The SMILES string of the molecule is CC1=CC(=O)C=C2CC3(C)CCC12CC3=O. The zero-order valence-electron chi connectivity index (χ0n) is 9.80. The van der Waals surface area contributed by atoms with E-state index in [-0.39, 0.29) is 16.6 Å². The van der Waals surface area contributed by atoms with Crippen LogP contribution < -0.4 is 0 Å². The maximum absolute atomic E-state index is 12.1. The lowest BCUT2D eigenvalue weighted by molar-refractivity contribution is -0.136. The average Bonchev–Trinajstić information content (AvgIpc) is 2.19. The molecule has 3 fully saturated rings. The van der Waals surface area contributed by atoms with E-state index in [2.05, 4.69) is 6.92 Å². The second-order valence-electron chi connectivity index (χ2n) is 5.82. The molecule has 0 amide bonds. The average molecular weight is 216 g/mol.